The lowest BCUT2D eigenvalue weighted by atomic mass is 9.69. The molecule has 1 spiro atoms. The molecule has 1 heterocycles. The van der Waals surface area contributed by atoms with Crippen molar-refractivity contribution in [1.82, 2.24) is 5.06 Å². The third-order valence-corrected chi connectivity index (χ3v) is 4.22. The maximum Gasteiger partial charge on any atom is 0.252 e. The first-order chi connectivity index (χ1) is 8.03. The summed E-state index contributed by atoms with van der Waals surface area (Å²) in [5.41, 5.74) is -0.247. The van der Waals surface area contributed by atoms with E-state index < -0.39 is 0 Å². The number of hydroxylamine groups is 2. The van der Waals surface area contributed by atoms with Crippen LogP contribution >= 0.6 is 0 Å². The first kappa shape index (κ1) is 12.8. The van der Waals surface area contributed by atoms with Gasteiger partial charge in [-0.1, -0.05) is 0 Å². The molecule has 1 saturated carbocycles. The molecule has 2 rings (SSSR count). The van der Waals surface area contributed by atoms with Crippen molar-refractivity contribution in [3.8, 4) is 0 Å². The Morgan fingerprint density at radius 2 is 2.06 bits per heavy atom. The fourth-order valence-electron chi connectivity index (χ4n) is 2.99. The van der Waals surface area contributed by atoms with Gasteiger partial charge in [-0.3, -0.25) is 10.0 Å². The maximum absolute atomic E-state index is 11.9. The first-order valence-corrected chi connectivity index (χ1v) is 6.66. The van der Waals surface area contributed by atoms with E-state index in [2.05, 4.69) is 13.8 Å². The van der Waals surface area contributed by atoms with E-state index in [1.807, 2.05) is 0 Å². The molecular weight excluding hydrogens is 218 g/mol. The van der Waals surface area contributed by atoms with E-state index in [1.54, 1.807) is 0 Å². The van der Waals surface area contributed by atoms with Gasteiger partial charge in [-0.15, -0.1) is 0 Å². The Hall–Kier alpha value is -0.610. The van der Waals surface area contributed by atoms with Crippen LogP contribution in [0.2, 0.25) is 0 Å². The quantitative estimate of drug-likeness (QED) is 0.771. The number of nitrogens with zero attached hydrogens (tertiary/aromatic N) is 1. The van der Waals surface area contributed by atoms with Gasteiger partial charge in [-0.05, 0) is 51.9 Å². The summed E-state index contributed by atoms with van der Waals surface area (Å²) in [6, 6.07) is 0. The van der Waals surface area contributed by atoms with Gasteiger partial charge in [0.1, 0.15) is 0 Å². The smallest absolute Gasteiger partial charge is 0.252 e. The molecule has 0 radical (unpaired) electrons. The summed E-state index contributed by atoms with van der Waals surface area (Å²) in [5.74, 6) is 0.532. The molecule has 4 heteroatoms. The number of hydrogen-bond acceptors (Lipinski definition) is 3. The van der Waals surface area contributed by atoms with E-state index in [0.717, 1.165) is 43.8 Å². The molecule has 1 aliphatic heterocycles. The monoisotopic (exact) mass is 241 g/mol. The molecule has 0 aromatic carbocycles. The topological polar surface area (TPSA) is 49.8 Å². The second-order valence-corrected chi connectivity index (χ2v) is 5.78. The van der Waals surface area contributed by atoms with Crippen LogP contribution in [0, 0.1) is 11.3 Å². The first-order valence-electron chi connectivity index (χ1n) is 6.66. The normalized spacial score (nSPS) is 34.0. The molecule has 2 aliphatic rings. The minimum atomic E-state index is -0.247. The lowest BCUT2D eigenvalue weighted by Gasteiger charge is -2.35. The standard InChI is InChI=1S/C13H23NO3/c1-10(2)17-9-11-3-5-13(6-4-11)7-8-14(16)12(13)15/h10-11,16H,3-9H2,1-2H3. The Kier molecular flexibility index (Phi) is 3.73. The van der Waals surface area contributed by atoms with E-state index in [0.29, 0.717) is 12.5 Å². The zero-order valence-corrected chi connectivity index (χ0v) is 10.8. The number of hydrogen-bond donors (Lipinski definition) is 1. The van der Waals surface area contributed by atoms with Crippen LogP contribution in [0.5, 0.6) is 0 Å². The number of carbonyl (C=O) groups excluding carboxylic acids is 1. The van der Waals surface area contributed by atoms with Crippen molar-refractivity contribution in [2.75, 3.05) is 13.2 Å². The van der Waals surface area contributed by atoms with Crippen LogP contribution in [0.25, 0.3) is 0 Å². The molecule has 1 N–H and O–H groups in total. The van der Waals surface area contributed by atoms with Crippen molar-refractivity contribution in [3.63, 3.8) is 0 Å². The molecule has 0 bridgehead atoms. The van der Waals surface area contributed by atoms with E-state index in [9.17, 15) is 10.0 Å². The summed E-state index contributed by atoms with van der Waals surface area (Å²) in [6.45, 7) is 5.42. The molecule has 1 aliphatic carbocycles. The highest BCUT2D eigenvalue weighted by molar-refractivity contribution is 5.83. The minimum absolute atomic E-state index is 0.0549. The van der Waals surface area contributed by atoms with Gasteiger partial charge < -0.3 is 4.74 Å². The van der Waals surface area contributed by atoms with E-state index in [1.165, 1.54) is 0 Å². The van der Waals surface area contributed by atoms with Gasteiger partial charge in [0.25, 0.3) is 5.91 Å². The molecule has 1 saturated heterocycles. The highest BCUT2D eigenvalue weighted by Gasteiger charge is 2.48. The van der Waals surface area contributed by atoms with Gasteiger partial charge in [-0.25, -0.2) is 5.06 Å². The van der Waals surface area contributed by atoms with Crippen LogP contribution in [0.1, 0.15) is 46.0 Å². The second kappa shape index (κ2) is 4.94. The Bertz CT molecular complexity index is 282. The largest absolute Gasteiger partial charge is 0.379 e. The molecule has 2 fully saturated rings. The molecule has 98 valence electrons. The van der Waals surface area contributed by atoms with Gasteiger partial charge in [0.2, 0.25) is 0 Å². The van der Waals surface area contributed by atoms with Gasteiger partial charge in [0.05, 0.1) is 11.5 Å². The molecule has 0 unspecified atom stereocenters. The van der Waals surface area contributed by atoms with Crippen molar-refractivity contribution >= 4 is 5.91 Å². The lowest BCUT2D eigenvalue weighted by molar-refractivity contribution is -0.165. The van der Waals surface area contributed by atoms with E-state index in [4.69, 9.17) is 4.74 Å². The summed E-state index contributed by atoms with van der Waals surface area (Å²) in [4.78, 5) is 11.9. The Balaban J connectivity index is 1.84. The third-order valence-electron chi connectivity index (χ3n) is 4.22. The average molecular weight is 241 g/mol. The number of carbonyl (C=O) groups is 1. The molecule has 0 atom stereocenters. The summed E-state index contributed by atoms with van der Waals surface area (Å²) in [7, 11) is 0. The van der Waals surface area contributed by atoms with Crippen molar-refractivity contribution in [3.05, 3.63) is 0 Å². The fraction of sp³-hybridized carbons (Fsp3) is 0.923. The Labute approximate surface area is 103 Å². The zero-order valence-electron chi connectivity index (χ0n) is 10.8. The second-order valence-electron chi connectivity index (χ2n) is 5.78. The molecule has 1 amide bonds. The number of amides is 1. The summed E-state index contributed by atoms with van der Waals surface area (Å²) in [5, 5.41) is 10.3. The zero-order chi connectivity index (χ0) is 12.5. The van der Waals surface area contributed by atoms with Crippen molar-refractivity contribution in [2.24, 2.45) is 11.3 Å². The highest BCUT2D eigenvalue weighted by atomic mass is 16.5. The van der Waals surface area contributed by atoms with Gasteiger partial charge >= 0.3 is 0 Å². The van der Waals surface area contributed by atoms with Crippen LogP contribution in [-0.4, -0.2) is 35.4 Å². The molecule has 17 heavy (non-hydrogen) atoms. The summed E-state index contributed by atoms with van der Waals surface area (Å²) in [6.07, 6.45) is 5.02. The van der Waals surface area contributed by atoms with E-state index >= 15 is 0 Å². The SMILES string of the molecule is CC(C)OCC1CCC2(CC1)CCN(O)C2=O. The highest BCUT2D eigenvalue weighted by Crippen LogP contribution is 2.45. The lowest BCUT2D eigenvalue weighted by Crippen LogP contribution is -2.37. The van der Waals surface area contributed by atoms with Crippen LogP contribution in [0.15, 0.2) is 0 Å². The molecule has 4 nitrogen and oxygen atoms in total. The van der Waals surface area contributed by atoms with Gasteiger partial charge in [0, 0.05) is 13.2 Å². The van der Waals surface area contributed by atoms with Crippen molar-refractivity contribution in [1.29, 1.82) is 0 Å². The van der Waals surface area contributed by atoms with E-state index in [-0.39, 0.29) is 17.4 Å². The van der Waals surface area contributed by atoms with Crippen LogP contribution < -0.4 is 0 Å². The minimum Gasteiger partial charge on any atom is -0.379 e. The van der Waals surface area contributed by atoms with Crippen LogP contribution in [-0.2, 0) is 9.53 Å². The van der Waals surface area contributed by atoms with Gasteiger partial charge in [-0.2, -0.15) is 0 Å². The van der Waals surface area contributed by atoms with Gasteiger partial charge in [0.15, 0.2) is 0 Å². The molecular formula is C13H23NO3. The Morgan fingerprint density at radius 3 is 2.53 bits per heavy atom. The number of rotatable bonds is 3. The van der Waals surface area contributed by atoms with Crippen molar-refractivity contribution < 1.29 is 14.7 Å². The summed E-state index contributed by atoms with van der Waals surface area (Å²) >= 11 is 0. The molecule has 0 aromatic heterocycles. The third kappa shape index (κ3) is 2.63. The predicted octanol–water partition coefficient (Wildman–Crippen LogP) is 2.21. The predicted molar refractivity (Wildman–Crippen MR) is 63.6 cm³/mol. The molecule has 0 aromatic rings. The van der Waals surface area contributed by atoms with Crippen LogP contribution in [0.3, 0.4) is 0 Å². The van der Waals surface area contributed by atoms with Crippen molar-refractivity contribution in [2.45, 2.75) is 52.1 Å². The maximum atomic E-state index is 11.9. The average Bonchev–Trinajstić information content (AvgIpc) is 2.58. The summed E-state index contributed by atoms with van der Waals surface area (Å²) < 4.78 is 5.64. The number of ether oxygens (including phenoxy) is 1. The fourth-order valence-corrected chi connectivity index (χ4v) is 2.99. The Morgan fingerprint density at radius 1 is 1.41 bits per heavy atom. The van der Waals surface area contributed by atoms with Crippen LogP contribution in [0.4, 0.5) is 0 Å².